The first-order chi connectivity index (χ1) is 10.8. The highest BCUT2D eigenvalue weighted by molar-refractivity contribution is 7.89. The van der Waals surface area contributed by atoms with Gasteiger partial charge in [0.2, 0.25) is 10.0 Å². The van der Waals surface area contributed by atoms with E-state index in [1.54, 1.807) is 13.0 Å². The van der Waals surface area contributed by atoms with Crippen LogP contribution in [0, 0.1) is 20.8 Å². The van der Waals surface area contributed by atoms with Crippen LogP contribution in [0.2, 0.25) is 0 Å². The minimum absolute atomic E-state index is 0.185. The lowest BCUT2D eigenvalue weighted by Crippen LogP contribution is -2.26. The van der Waals surface area contributed by atoms with E-state index in [1.165, 1.54) is 0 Å². The molecule has 23 heavy (non-hydrogen) atoms. The fourth-order valence-corrected chi connectivity index (χ4v) is 3.83. The molecule has 0 spiro atoms. The Bertz CT molecular complexity index is 770. The van der Waals surface area contributed by atoms with Crippen LogP contribution in [-0.4, -0.2) is 20.1 Å². The summed E-state index contributed by atoms with van der Waals surface area (Å²) >= 11 is 0. The molecule has 4 nitrogen and oxygen atoms in total. The van der Waals surface area contributed by atoms with Gasteiger partial charge in [-0.25, -0.2) is 13.1 Å². The van der Waals surface area contributed by atoms with Gasteiger partial charge in [0, 0.05) is 6.54 Å². The van der Waals surface area contributed by atoms with Crippen molar-refractivity contribution >= 4 is 10.0 Å². The molecule has 2 aromatic rings. The van der Waals surface area contributed by atoms with Crippen molar-refractivity contribution in [1.82, 2.24) is 4.72 Å². The minimum Gasteiger partial charge on any atom is -0.388 e. The maximum absolute atomic E-state index is 12.4. The number of sulfonamides is 1. The molecule has 2 aromatic carbocycles. The molecule has 1 unspecified atom stereocenters. The second kappa shape index (κ2) is 7.25. The van der Waals surface area contributed by atoms with Crippen molar-refractivity contribution in [2.75, 3.05) is 6.54 Å². The lowest BCUT2D eigenvalue weighted by atomic mass is 10.1. The molecule has 5 heteroatoms. The van der Waals surface area contributed by atoms with Gasteiger partial charge < -0.3 is 5.11 Å². The fourth-order valence-electron chi connectivity index (χ4n) is 2.47. The van der Waals surface area contributed by atoms with E-state index in [1.807, 2.05) is 50.2 Å². The highest BCUT2D eigenvalue weighted by atomic mass is 32.2. The van der Waals surface area contributed by atoms with Crippen LogP contribution in [-0.2, 0) is 10.0 Å². The van der Waals surface area contributed by atoms with E-state index in [-0.39, 0.29) is 6.54 Å². The van der Waals surface area contributed by atoms with E-state index in [0.29, 0.717) is 11.3 Å². The summed E-state index contributed by atoms with van der Waals surface area (Å²) in [6.07, 6.45) is -0.354. The van der Waals surface area contributed by atoms with Crippen molar-refractivity contribution < 1.29 is 13.5 Å². The van der Waals surface area contributed by atoms with Gasteiger partial charge in [-0.3, -0.25) is 0 Å². The molecule has 0 aromatic heterocycles. The monoisotopic (exact) mass is 333 g/mol. The number of aliphatic hydroxyl groups is 1. The molecule has 0 aliphatic rings. The van der Waals surface area contributed by atoms with Gasteiger partial charge in [-0.2, -0.15) is 0 Å². The summed E-state index contributed by atoms with van der Waals surface area (Å²) in [7, 11) is -3.57. The normalized spacial score (nSPS) is 13.0. The number of benzene rings is 2. The second-order valence-electron chi connectivity index (χ2n) is 5.81. The summed E-state index contributed by atoms with van der Waals surface area (Å²) in [5.74, 6) is 0. The van der Waals surface area contributed by atoms with Crippen LogP contribution in [0.5, 0.6) is 0 Å². The number of hydrogen-bond acceptors (Lipinski definition) is 3. The zero-order valence-corrected chi connectivity index (χ0v) is 14.5. The number of nitrogens with one attached hydrogen (secondary N) is 1. The molecule has 0 saturated carbocycles. The Kier molecular flexibility index (Phi) is 5.57. The van der Waals surface area contributed by atoms with Gasteiger partial charge in [-0.15, -0.1) is 0 Å². The third-order valence-electron chi connectivity index (χ3n) is 3.97. The molecule has 2 rings (SSSR count). The lowest BCUT2D eigenvalue weighted by Gasteiger charge is -2.14. The topological polar surface area (TPSA) is 66.4 Å². The lowest BCUT2D eigenvalue weighted by molar-refractivity contribution is 0.169. The SMILES string of the molecule is Cc1cc(C)c(S(=O)(=O)NCCC(O)c2ccccc2)cc1C. The van der Waals surface area contributed by atoms with E-state index in [2.05, 4.69) is 4.72 Å². The van der Waals surface area contributed by atoms with Crippen LogP contribution < -0.4 is 4.72 Å². The maximum atomic E-state index is 12.4. The third-order valence-corrected chi connectivity index (χ3v) is 5.58. The smallest absolute Gasteiger partial charge is 0.240 e. The summed E-state index contributed by atoms with van der Waals surface area (Å²) in [6, 6.07) is 12.8. The molecule has 0 radical (unpaired) electrons. The third kappa shape index (κ3) is 4.41. The Labute approximate surface area is 138 Å². The van der Waals surface area contributed by atoms with Crippen LogP contribution in [0.25, 0.3) is 0 Å². The number of aliphatic hydroxyl groups excluding tert-OH is 1. The van der Waals surface area contributed by atoms with Crippen molar-refractivity contribution in [3.63, 3.8) is 0 Å². The summed E-state index contributed by atoms with van der Waals surface area (Å²) in [6.45, 7) is 5.83. The first-order valence-corrected chi connectivity index (χ1v) is 9.10. The molecule has 0 saturated heterocycles. The summed E-state index contributed by atoms with van der Waals surface area (Å²) in [5.41, 5.74) is 3.53. The highest BCUT2D eigenvalue weighted by Gasteiger charge is 2.18. The van der Waals surface area contributed by atoms with E-state index in [0.717, 1.165) is 22.3 Å². The first-order valence-electron chi connectivity index (χ1n) is 7.62. The highest BCUT2D eigenvalue weighted by Crippen LogP contribution is 2.20. The molecular formula is C18H23NO3S. The summed E-state index contributed by atoms with van der Waals surface area (Å²) in [5, 5.41) is 10.1. The average molecular weight is 333 g/mol. The number of aryl methyl sites for hydroxylation is 3. The van der Waals surface area contributed by atoms with Crippen LogP contribution in [0.15, 0.2) is 47.4 Å². The second-order valence-corrected chi connectivity index (χ2v) is 7.55. The first kappa shape index (κ1) is 17.7. The Morgan fingerprint density at radius 1 is 1.00 bits per heavy atom. The van der Waals surface area contributed by atoms with Gasteiger partial charge in [-0.05, 0) is 55.5 Å². The van der Waals surface area contributed by atoms with Crippen LogP contribution in [0.1, 0.15) is 34.8 Å². The molecule has 0 aliphatic carbocycles. The molecule has 0 amide bonds. The Balaban J connectivity index is 2.04. The fraction of sp³-hybridized carbons (Fsp3) is 0.333. The molecule has 0 heterocycles. The summed E-state index contributed by atoms with van der Waals surface area (Å²) < 4.78 is 27.5. The van der Waals surface area contributed by atoms with Crippen molar-refractivity contribution in [3.8, 4) is 0 Å². The van der Waals surface area contributed by atoms with Crippen LogP contribution in [0.3, 0.4) is 0 Å². The Morgan fingerprint density at radius 2 is 1.61 bits per heavy atom. The minimum atomic E-state index is -3.57. The molecule has 0 aliphatic heterocycles. The van der Waals surface area contributed by atoms with Crippen LogP contribution >= 0.6 is 0 Å². The predicted octanol–water partition coefficient (Wildman–Crippen LogP) is 3.01. The van der Waals surface area contributed by atoms with Gasteiger partial charge in [0.25, 0.3) is 0 Å². The van der Waals surface area contributed by atoms with E-state index in [4.69, 9.17) is 0 Å². The molecule has 1 atom stereocenters. The van der Waals surface area contributed by atoms with E-state index in [9.17, 15) is 13.5 Å². The van der Waals surface area contributed by atoms with Crippen LogP contribution in [0.4, 0.5) is 0 Å². The van der Waals surface area contributed by atoms with Gasteiger partial charge in [-0.1, -0.05) is 36.4 Å². The molecule has 124 valence electrons. The van der Waals surface area contributed by atoms with Crippen molar-refractivity contribution in [3.05, 3.63) is 64.7 Å². The van der Waals surface area contributed by atoms with Gasteiger partial charge in [0.15, 0.2) is 0 Å². The van der Waals surface area contributed by atoms with E-state index < -0.39 is 16.1 Å². The zero-order chi connectivity index (χ0) is 17.0. The standard InChI is InChI=1S/C18H23NO3S/c1-13-11-15(3)18(12-14(13)2)23(21,22)19-10-9-17(20)16-7-5-4-6-8-16/h4-8,11-12,17,19-20H,9-10H2,1-3H3. The molecule has 2 N–H and O–H groups in total. The molecule has 0 fully saturated rings. The largest absolute Gasteiger partial charge is 0.388 e. The van der Waals surface area contributed by atoms with Crippen molar-refractivity contribution in [1.29, 1.82) is 0 Å². The van der Waals surface area contributed by atoms with Crippen molar-refractivity contribution in [2.45, 2.75) is 38.2 Å². The number of hydrogen-bond donors (Lipinski definition) is 2. The Morgan fingerprint density at radius 3 is 2.26 bits per heavy atom. The van der Waals surface area contributed by atoms with Crippen molar-refractivity contribution in [2.24, 2.45) is 0 Å². The maximum Gasteiger partial charge on any atom is 0.240 e. The molecule has 0 bridgehead atoms. The number of rotatable bonds is 6. The quantitative estimate of drug-likeness (QED) is 0.854. The Hall–Kier alpha value is -1.69. The van der Waals surface area contributed by atoms with Gasteiger partial charge in [0.1, 0.15) is 0 Å². The molecular weight excluding hydrogens is 310 g/mol. The summed E-state index contributed by atoms with van der Waals surface area (Å²) in [4.78, 5) is 0.301. The predicted molar refractivity (Wildman–Crippen MR) is 91.9 cm³/mol. The average Bonchev–Trinajstić information content (AvgIpc) is 2.51. The zero-order valence-electron chi connectivity index (χ0n) is 13.7. The van der Waals surface area contributed by atoms with Gasteiger partial charge in [0.05, 0.1) is 11.0 Å². The van der Waals surface area contributed by atoms with Gasteiger partial charge >= 0.3 is 0 Å². The van der Waals surface area contributed by atoms with E-state index >= 15 is 0 Å².